The van der Waals surface area contributed by atoms with Gasteiger partial charge in [-0.15, -0.1) is 5.73 Å². The zero-order chi connectivity index (χ0) is 31.1. The highest BCUT2D eigenvalue weighted by atomic mass is 16.1. The minimum atomic E-state index is -0.622. The number of likely N-dealkylation sites (tertiary alicyclic amines) is 1. The van der Waals surface area contributed by atoms with E-state index in [0.717, 1.165) is 60.7 Å². The highest BCUT2D eigenvalue weighted by Crippen LogP contribution is 2.37. The van der Waals surface area contributed by atoms with Crippen LogP contribution in [0.1, 0.15) is 57.1 Å². The molecule has 1 aliphatic rings. The second-order valence-electron chi connectivity index (χ2n) is 11.5. The van der Waals surface area contributed by atoms with Crippen LogP contribution in [0.25, 0.3) is 33.0 Å². The minimum Gasteiger partial charge on any atom is -0.366 e. The molecule has 7 nitrogen and oxygen atoms in total. The fraction of sp³-hybridized carbons (Fsp3) is 0.324. The molecule has 0 saturated carbocycles. The fourth-order valence-corrected chi connectivity index (χ4v) is 6.39. The first-order chi connectivity index (χ1) is 21.4. The monoisotopic (exact) mass is 589 g/mol. The van der Waals surface area contributed by atoms with Crippen molar-refractivity contribution >= 4 is 44.6 Å². The van der Waals surface area contributed by atoms with E-state index in [0.29, 0.717) is 23.2 Å². The topological polar surface area (TPSA) is 99.3 Å². The molecule has 1 aliphatic heterocycles. The second kappa shape index (κ2) is 14.4. The highest BCUT2D eigenvalue weighted by Gasteiger charge is 2.26. The van der Waals surface area contributed by atoms with E-state index >= 15 is 0 Å². The summed E-state index contributed by atoms with van der Waals surface area (Å²) in [5.41, 5.74) is 19.8. The number of allylic oxidation sites excluding steroid dienone is 4. The molecule has 2 aromatic carbocycles. The van der Waals surface area contributed by atoms with Crippen molar-refractivity contribution in [2.24, 2.45) is 11.5 Å². The van der Waals surface area contributed by atoms with Gasteiger partial charge >= 0.3 is 0 Å². The number of para-hydroxylation sites is 2. The van der Waals surface area contributed by atoms with Crippen LogP contribution in [0, 0.1) is 0 Å². The molecule has 5 rings (SSSR count). The number of Topliss-reactive ketones (excluding diaryl/α,β-unsaturated/α-hetero) is 1. The zero-order valence-electron chi connectivity index (χ0n) is 25.8. The van der Waals surface area contributed by atoms with E-state index in [4.69, 9.17) is 11.5 Å². The van der Waals surface area contributed by atoms with E-state index in [1.807, 2.05) is 86.1 Å². The van der Waals surface area contributed by atoms with Gasteiger partial charge in [0.25, 0.3) is 0 Å². The summed E-state index contributed by atoms with van der Waals surface area (Å²) in [4.78, 5) is 29.1. The lowest BCUT2D eigenvalue weighted by Crippen LogP contribution is -2.39. The Bertz CT molecular complexity index is 1770. The lowest BCUT2D eigenvalue weighted by Gasteiger charge is -2.23. The van der Waals surface area contributed by atoms with Crippen LogP contribution in [-0.2, 0) is 22.7 Å². The maximum atomic E-state index is 13.5. The number of hydrogen-bond donors (Lipinski definition) is 2. The van der Waals surface area contributed by atoms with E-state index in [9.17, 15) is 9.59 Å². The van der Waals surface area contributed by atoms with Crippen LogP contribution in [0.15, 0.2) is 91.0 Å². The van der Waals surface area contributed by atoms with Gasteiger partial charge in [-0.3, -0.25) is 14.5 Å². The van der Waals surface area contributed by atoms with Crippen LogP contribution in [-0.4, -0.2) is 45.0 Å². The Morgan fingerprint density at radius 2 is 1.50 bits per heavy atom. The molecule has 0 radical (unpaired) electrons. The molecule has 1 fully saturated rings. The van der Waals surface area contributed by atoms with Crippen LogP contribution in [0.3, 0.4) is 0 Å². The van der Waals surface area contributed by atoms with Gasteiger partial charge < -0.3 is 20.6 Å². The van der Waals surface area contributed by atoms with Crippen molar-refractivity contribution < 1.29 is 9.59 Å². The summed E-state index contributed by atoms with van der Waals surface area (Å²) in [6.07, 6.45) is 16.8. The zero-order valence-corrected chi connectivity index (χ0v) is 25.8. The summed E-state index contributed by atoms with van der Waals surface area (Å²) in [6.45, 7) is 7.07. The summed E-state index contributed by atoms with van der Waals surface area (Å²) >= 11 is 0. The van der Waals surface area contributed by atoms with E-state index in [1.165, 1.54) is 19.8 Å². The van der Waals surface area contributed by atoms with Gasteiger partial charge in [-0.2, -0.15) is 0 Å². The molecule has 1 saturated heterocycles. The van der Waals surface area contributed by atoms with E-state index in [2.05, 4.69) is 25.8 Å². The Kier molecular flexibility index (Phi) is 10.1. The highest BCUT2D eigenvalue weighted by molar-refractivity contribution is 6.41. The first-order valence-corrected chi connectivity index (χ1v) is 15.6. The van der Waals surface area contributed by atoms with Gasteiger partial charge in [-0.1, -0.05) is 48.6 Å². The summed E-state index contributed by atoms with van der Waals surface area (Å²) in [7, 11) is 0. The average molecular weight is 590 g/mol. The summed E-state index contributed by atoms with van der Waals surface area (Å²) in [5.74, 6) is -0.827. The second-order valence-corrected chi connectivity index (χ2v) is 11.5. The fourth-order valence-electron chi connectivity index (χ4n) is 6.39. The van der Waals surface area contributed by atoms with Gasteiger partial charge in [0.05, 0.1) is 11.7 Å². The van der Waals surface area contributed by atoms with Gasteiger partial charge in [-0.25, -0.2) is 0 Å². The number of hydrogen-bond acceptors (Lipinski definition) is 4. The molecule has 1 atom stereocenters. The third-order valence-corrected chi connectivity index (χ3v) is 8.49. The molecule has 44 heavy (non-hydrogen) atoms. The molecule has 0 aliphatic carbocycles. The maximum absolute atomic E-state index is 13.5. The molecule has 0 spiro atoms. The lowest BCUT2D eigenvalue weighted by molar-refractivity contribution is -0.114. The number of rotatable bonds is 13. The van der Waals surface area contributed by atoms with Crippen molar-refractivity contribution in [3.05, 3.63) is 102 Å². The smallest absolute Gasteiger partial charge is 0.250 e. The Morgan fingerprint density at radius 1 is 0.909 bits per heavy atom. The largest absolute Gasteiger partial charge is 0.366 e. The lowest BCUT2D eigenvalue weighted by atomic mass is 9.91. The molecule has 2 aromatic heterocycles. The molecular formula is C37H43N5O2. The predicted molar refractivity (Wildman–Crippen MR) is 181 cm³/mol. The van der Waals surface area contributed by atoms with Gasteiger partial charge in [0.15, 0.2) is 5.78 Å². The number of fused-ring (bicyclic) bond motifs is 2. The average Bonchev–Trinajstić information content (AvgIpc) is 3.76. The maximum Gasteiger partial charge on any atom is 0.250 e. The van der Waals surface area contributed by atoms with Crippen molar-refractivity contribution in [2.75, 3.05) is 13.1 Å². The summed E-state index contributed by atoms with van der Waals surface area (Å²) < 4.78 is 4.30. The van der Waals surface area contributed by atoms with Gasteiger partial charge in [0.2, 0.25) is 5.91 Å². The van der Waals surface area contributed by atoms with Crippen molar-refractivity contribution in [3.8, 4) is 0 Å². The number of primary amides is 1. The summed E-state index contributed by atoms with van der Waals surface area (Å²) in [5, 5.41) is 1.80. The predicted octanol–water partition coefficient (Wildman–Crippen LogP) is 6.42. The Labute approximate surface area is 259 Å². The molecule has 4 aromatic rings. The van der Waals surface area contributed by atoms with Crippen LogP contribution < -0.4 is 11.5 Å². The van der Waals surface area contributed by atoms with Crippen LogP contribution >= 0.6 is 0 Å². The standard InChI is InChI=1S/C37H43N5O2/c1-3-4-5-6-7-12-23-41-25-30(28-16-8-10-18-32(28)41)35(27(2)43)36(37(39)44)31-26-42(33-19-11-9-17-29(31)33)24-15-20-34(38)40-21-13-14-22-40/h3-5,7-11,16-19,25-26,34H,12-15,20-24,38H2,1-2H3,(H2,39,44)/b4-3-,36-35+. The quantitative estimate of drug-likeness (QED) is 0.107. The van der Waals surface area contributed by atoms with Crippen LogP contribution in [0.2, 0.25) is 0 Å². The first kappa shape index (κ1) is 31.0. The third kappa shape index (κ3) is 6.71. The van der Waals surface area contributed by atoms with Crippen molar-refractivity contribution in [2.45, 2.75) is 65.2 Å². The number of ketones is 1. The van der Waals surface area contributed by atoms with Crippen molar-refractivity contribution in [3.63, 3.8) is 0 Å². The SMILES string of the molecule is C/C=C\C=C=CCCn1cc(/C(C(C)=O)=C(/C(N)=O)c2cn(CCCC(N)N3CCCC3)c3ccccc23)c2ccccc21. The molecule has 1 amide bonds. The Hall–Kier alpha value is -4.42. The number of nitrogens with two attached hydrogens (primary N) is 2. The number of carbonyl (C=O) groups is 2. The van der Waals surface area contributed by atoms with Crippen molar-refractivity contribution in [1.29, 1.82) is 0 Å². The molecule has 3 heterocycles. The number of aryl methyl sites for hydroxylation is 2. The molecule has 0 bridgehead atoms. The van der Waals surface area contributed by atoms with E-state index in [1.54, 1.807) is 0 Å². The van der Waals surface area contributed by atoms with Gasteiger partial charge in [0.1, 0.15) is 0 Å². The van der Waals surface area contributed by atoms with Crippen LogP contribution in [0.4, 0.5) is 0 Å². The molecule has 7 heteroatoms. The van der Waals surface area contributed by atoms with Crippen molar-refractivity contribution in [1.82, 2.24) is 14.0 Å². The number of carbonyl (C=O) groups excluding carboxylic acids is 2. The van der Waals surface area contributed by atoms with Gasteiger partial charge in [-0.05, 0) is 83.3 Å². The molecule has 1 unspecified atom stereocenters. The Balaban J connectivity index is 1.56. The number of amides is 1. The van der Waals surface area contributed by atoms with E-state index in [-0.39, 0.29) is 17.5 Å². The molecular weight excluding hydrogens is 546 g/mol. The molecule has 228 valence electrons. The first-order valence-electron chi connectivity index (χ1n) is 15.6. The number of aromatic nitrogens is 2. The third-order valence-electron chi connectivity index (χ3n) is 8.49. The summed E-state index contributed by atoms with van der Waals surface area (Å²) in [6, 6.07) is 16.0. The van der Waals surface area contributed by atoms with E-state index < -0.39 is 5.91 Å². The number of benzene rings is 2. The minimum absolute atomic E-state index is 0.0567. The van der Waals surface area contributed by atoms with Crippen LogP contribution in [0.5, 0.6) is 0 Å². The Morgan fingerprint density at radius 3 is 2.09 bits per heavy atom. The number of nitrogens with zero attached hydrogens (tertiary/aromatic N) is 3. The normalized spacial score (nSPS) is 15.1. The van der Waals surface area contributed by atoms with Gasteiger partial charge in [0, 0.05) is 64.0 Å². The molecule has 4 N–H and O–H groups in total.